The normalized spacial score (nSPS) is 36.0. The highest BCUT2D eigenvalue weighted by Crippen LogP contribution is 2.31. The Balaban J connectivity index is 1.49. The maximum atomic E-state index is 9.30. The maximum Gasteiger partial charge on any atom is 0.346 e. The fraction of sp³-hybridized carbons (Fsp3) is 0.941. The fourth-order valence-corrected chi connectivity index (χ4v) is 4.46. The molecule has 5 atom stereocenters. The maximum absolute atomic E-state index is 9.30. The number of nitrogens with zero attached hydrogens (tertiary/aromatic N) is 1. The van der Waals surface area contributed by atoms with Gasteiger partial charge in [0.15, 0.2) is 0 Å². The van der Waals surface area contributed by atoms with Crippen molar-refractivity contribution in [2.45, 2.75) is 102 Å². The van der Waals surface area contributed by atoms with Crippen LogP contribution in [0.2, 0.25) is 0 Å². The summed E-state index contributed by atoms with van der Waals surface area (Å²) >= 11 is 0. The molecule has 0 bridgehead atoms. The third kappa shape index (κ3) is 3.53. The molecule has 3 N–H and O–H groups in total. The number of hydrogen-bond acceptors (Lipinski definition) is 3. The highest BCUT2D eigenvalue weighted by Gasteiger charge is 2.44. The molecule has 0 aromatic rings. The van der Waals surface area contributed by atoms with Gasteiger partial charge in [-0.25, -0.2) is 0 Å². The van der Waals surface area contributed by atoms with Crippen molar-refractivity contribution in [1.29, 1.82) is 0 Å². The Morgan fingerprint density at radius 1 is 1.14 bits per heavy atom. The second-order valence-corrected chi connectivity index (χ2v) is 7.49. The standard InChI is InChI=1S/C17H31N3O/c1-12-10-15-8-9-16-11-14(19-17(18-12)20(15)16)7-5-3-4-6-13(2)21/h12-16,21H,3-11H2,1-2H3,(H,18,19)/p+1/t12-,13+,14?,15+,16-/m0/s1. The summed E-state index contributed by atoms with van der Waals surface area (Å²) in [6, 6.07) is 2.80. The van der Waals surface area contributed by atoms with Crippen LogP contribution in [0, 0.1) is 0 Å². The molecular weight excluding hydrogens is 262 g/mol. The minimum Gasteiger partial charge on any atom is -0.393 e. The van der Waals surface area contributed by atoms with E-state index in [1.807, 2.05) is 6.92 Å². The molecule has 0 aromatic heterocycles. The number of aliphatic hydroxyl groups is 1. The van der Waals surface area contributed by atoms with Crippen LogP contribution in [0.25, 0.3) is 0 Å². The highest BCUT2D eigenvalue weighted by atomic mass is 16.3. The molecule has 4 nitrogen and oxygen atoms in total. The molecule has 4 heteroatoms. The van der Waals surface area contributed by atoms with Gasteiger partial charge >= 0.3 is 5.96 Å². The Kier molecular flexibility index (Phi) is 4.72. The minimum absolute atomic E-state index is 0.134. The smallest absolute Gasteiger partial charge is 0.346 e. The first-order valence-corrected chi connectivity index (χ1v) is 9.00. The first-order valence-electron chi connectivity index (χ1n) is 9.00. The average molecular weight is 294 g/mol. The fourth-order valence-electron chi connectivity index (χ4n) is 4.46. The molecule has 120 valence electrons. The highest BCUT2D eigenvalue weighted by molar-refractivity contribution is 5.76. The number of rotatable bonds is 6. The third-order valence-electron chi connectivity index (χ3n) is 5.46. The number of nitrogens with one attached hydrogen (secondary N) is 2. The molecule has 3 heterocycles. The lowest BCUT2D eigenvalue weighted by Crippen LogP contribution is -2.61. The number of guanidine groups is 1. The molecule has 3 aliphatic rings. The summed E-state index contributed by atoms with van der Waals surface area (Å²) in [4.78, 5) is 0. The van der Waals surface area contributed by atoms with E-state index in [9.17, 15) is 5.11 Å². The van der Waals surface area contributed by atoms with E-state index < -0.39 is 0 Å². The van der Waals surface area contributed by atoms with Gasteiger partial charge in [-0.15, -0.1) is 0 Å². The molecule has 3 rings (SSSR count). The van der Waals surface area contributed by atoms with Gasteiger partial charge in [-0.1, -0.05) is 19.3 Å². The summed E-state index contributed by atoms with van der Waals surface area (Å²) < 4.78 is 2.64. The zero-order valence-corrected chi connectivity index (χ0v) is 13.6. The predicted octanol–water partition coefficient (Wildman–Crippen LogP) is 1.96. The molecule has 0 spiro atoms. The molecule has 0 aromatic carbocycles. The van der Waals surface area contributed by atoms with Crippen molar-refractivity contribution >= 4 is 5.96 Å². The molecule has 0 saturated carbocycles. The summed E-state index contributed by atoms with van der Waals surface area (Å²) in [6.07, 6.45) is 11.1. The summed E-state index contributed by atoms with van der Waals surface area (Å²) in [5, 5.41) is 16.7. The third-order valence-corrected chi connectivity index (χ3v) is 5.46. The molecule has 0 aliphatic carbocycles. The van der Waals surface area contributed by atoms with Crippen LogP contribution in [0.4, 0.5) is 0 Å². The van der Waals surface area contributed by atoms with E-state index in [0.717, 1.165) is 24.9 Å². The van der Waals surface area contributed by atoms with E-state index in [-0.39, 0.29) is 6.10 Å². The van der Waals surface area contributed by atoms with Crippen molar-refractivity contribution in [1.82, 2.24) is 10.6 Å². The van der Waals surface area contributed by atoms with Gasteiger partial charge in [0.1, 0.15) is 0 Å². The second-order valence-electron chi connectivity index (χ2n) is 7.49. The zero-order valence-electron chi connectivity index (χ0n) is 13.6. The van der Waals surface area contributed by atoms with Gasteiger partial charge in [0.05, 0.1) is 30.3 Å². The molecular formula is C17H32N3O+. The lowest BCUT2D eigenvalue weighted by atomic mass is 9.97. The van der Waals surface area contributed by atoms with Gasteiger partial charge in [0, 0.05) is 12.8 Å². The molecule has 0 radical (unpaired) electrons. The van der Waals surface area contributed by atoms with Crippen molar-refractivity contribution in [2.24, 2.45) is 0 Å². The summed E-state index contributed by atoms with van der Waals surface area (Å²) in [5.41, 5.74) is 0. The van der Waals surface area contributed by atoms with E-state index in [1.165, 1.54) is 50.9 Å². The van der Waals surface area contributed by atoms with Gasteiger partial charge in [-0.3, -0.25) is 15.2 Å². The second kappa shape index (κ2) is 6.55. The lowest BCUT2D eigenvalue weighted by molar-refractivity contribution is -0.593. The van der Waals surface area contributed by atoms with Gasteiger partial charge in [-0.05, 0) is 39.5 Å². The van der Waals surface area contributed by atoms with Crippen LogP contribution < -0.4 is 10.6 Å². The Morgan fingerprint density at radius 2 is 1.90 bits per heavy atom. The first kappa shape index (κ1) is 15.1. The van der Waals surface area contributed by atoms with E-state index in [0.29, 0.717) is 12.1 Å². The van der Waals surface area contributed by atoms with E-state index in [2.05, 4.69) is 22.1 Å². The Hall–Kier alpha value is -0.770. The van der Waals surface area contributed by atoms with Crippen LogP contribution in [0.15, 0.2) is 0 Å². The minimum atomic E-state index is -0.134. The van der Waals surface area contributed by atoms with E-state index in [4.69, 9.17) is 0 Å². The quantitative estimate of drug-likeness (QED) is 0.518. The molecule has 21 heavy (non-hydrogen) atoms. The molecule has 3 aliphatic heterocycles. The molecule has 1 unspecified atom stereocenters. The van der Waals surface area contributed by atoms with Crippen molar-refractivity contribution in [3.05, 3.63) is 0 Å². The topological polar surface area (TPSA) is 47.3 Å². The Morgan fingerprint density at radius 3 is 2.67 bits per heavy atom. The van der Waals surface area contributed by atoms with Gasteiger partial charge < -0.3 is 5.11 Å². The van der Waals surface area contributed by atoms with Gasteiger partial charge in [0.25, 0.3) is 0 Å². The number of aliphatic hydroxyl groups excluding tert-OH is 1. The summed E-state index contributed by atoms with van der Waals surface area (Å²) in [5.74, 6) is 1.32. The van der Waals surface area contributed by atoms with E-state index >= 15 is 0 Å². The van der Waals surface area contributed by atoms with Crippen LogP contribution in [0.3, 0.4) is 0 Å². The first-order chi connectivity index (χ1) is 10.1. The summed E-state index contributed by atoms with van der Waals surface area (Å²) in [6.45, 7) is 4.19. The van der Waals surface area contributed by atoms with Crippen molar-refractivity contribution in [2.75, 3.05) is 0 Å². The molecule has 1 saturated heterocycles. The van der Waals surface area contributed by atoms with Crippen LogP contribution in [0.5, 0.6) is 0 Å². The van der Waals surface area contributed by atoms with Crippen LogP contribution in [-0.4, -0.2) is 45.9 Å². The number of unbranched alkanes of at least 4 members (excludes halogenated alkanes) is 2. The SMILES string of the molecule is C[C@@H](O)CCCCCC1C[C@@H]2CC[C@@H]3C[C@H](C)NC(=[N+]32)N1. The van der Waals surface area contributed by atoms with Gasteiger partial charge in [0.2, 0.25) is 0 Å². The van der Waals surface area contributed by atoms with E-state index in [1.54, 1.807) is 0 Å². The summed E-state index contributed by atoms with van der Waals surface area (Å²) in [7, 11) is 0. The van der Waals surface area contributed by atoms with Crippen LogP contribution >= 0.6 is 0 Å². The van der Waals surface area contributed by atoms with Crippen LogP contribution in [0.1, 0.15) is 71.6 Å². The Bertz CT molecular complexity index is 393. The molecule has 0 amide bonds. The largest absolute Gasteiger partial charge is 0.393 e. The van der Waals surface area contributed by atoms with Crippen molar-refractivity contribution in [3.63, 3.8) is 0 Å². The predicted molar refractivity (Wildman–Crippen MR) is 85.6 cm³/mol. The Labute approximate surface area is 129 Å². The lowest BCUT2D eigenvalue weighted by Gasteiger charge is -2.35. The van der Waals surface area contributed by atoms with Crippen molar-refractivity contribution < 1.29 is 9.68 Å². The van der Waals surface area contributed by atoms with Crippen molar-refractivity contribution in [3.8, 4) is 0 Å². The van der Waals surface area contributed by atoms with Crippen LogP contribution in [-0.2, 0) is 0 Å². The zero-order chi connectivity index (χ0) is 14.8. The van der Waals surface area contributed by atoms with Gasteiger partial charge in [-0.2, -0.15) is 0 Å². The average Bonchev–Trinajstić information content (AvgIpc) is 2.82. The monoisotopic (exact) mass is 294 g/mol. The number of hydrogen-bond donors (Lipinski definition) is 3. The molecule has 1 fully saturated rings.